The highest BCUT2D eigenvalue weighted by atomic mass is 35.5. The van der Waals surface area contributed by atoms with Gasteiger partial charge in [-0.25, -0.2) is 0 Å². The van der Waals surface area contributed by atoms with Crippen molar-refractivity contribution in [3.63, 3.8) is 0 Å². The number of aliphatic hydroxyl groups is 1. The monoisotopic (exact) mass is 477 g/mol. The van der Waals surface area contributed by atoms with Crippen LogP contribution in [-0.4, -0.2) is 34.8 Å². The van der Waals surface area contributed by atoms with Gasteiger partial charge >= 0.3 is 0 Å². The van der Waals surface area contributed by atoms with Gasteiger partial charge in [0.15, 0.2) is 0 Å². The fourth-order valence-electron chi connectivity index (χ4n) is 3.88. The van der Waals surface area contributed by atoms with E-state index in [1.807, 2.05) is 0 Å². The molecular formula is C25H20ClN3O5. The van der Waals surface area contributed by atoms with E-state index in [4.69, 9.17) is 16.3 Å². The van der Waals surface area contributed by atoms with Crippen molar-refractivity contribution < 1.29 is 24.2 Å². The van der Waals surface area contributed by atoms with Gasteiger partial charge in [0.05, 0.1) is 24.3 Å². The van der Waals surface area contributed by atoms with Crippen molar-refractivity contribution in [2.45, 2.75) is 13.0 Å². The minimum atomic E-state index is -0.932. The van der Waals surface area contributed by atoms with Crippen LogP contribution in [0.1, 0.15) is 24.1 Å². The number of aliphatic hydroxyl groups excluding tert-OH is 1. The number of hydrogen-bond acceptors (Lipinski definition) is 6. The third kappa shape index (κ3) is 4.23. The zero-order valence-corrected chi connectivity index (χ0v) is 19.0. The number of aromatic nitrogens is 1. The van der Waals surface area contributed by atoms with Gasteiger partial charge in [0.25, 0.3) is 11.7 Å². The van der Waals surface area contributed by atoms with Gasteiger partial charge in [-0.05, 0) is 60.2 Å². The molecule has 8 nitrogen and oxygen atoms in total. The number of pyridine rings is 1. The average molecular weight is 478 g/mol. The van der Waals surface area contributed by atoms with Gasteiger partial charge in [0.2, 0.25) is 5.91 Å². The number of benzene rings is 2. The SMILES string of the molecule is COc1ccc(Cl)cc1/C(O)=C1\C(=O)C(=O)N(c2ccc(NC(C)=O)cc2)C1c1ccncc1. The quantitative estimate of drug-likeness (QED) is 0.321. The summed E-state index contributed by atoms with van der Waals surface area (Å²) in [5.74, 6) is -2.01. The highest BCUT2D eigenvalue weighted by Gasteiger charge is 2.47. The lowest BCUT2D eigenvalue weighted by atomic mass is 9.95. The molecule has 1 aromatic heterocycles. The molecule has 0 aliphatic carbocycles. The van der Waals surface area contributed by atoms with E-state index in [0.717, 1.165) is 0 Å². The van der Waals surface area contributed by atoms with Crippen molar-refractivity contribution in [1.29, 1.82) is 0 Å². The predicted molar refractivity (Wildman–Crippen MR) is 128 cm³/mol. The number of halogens is 1. The number of methoxy groups -OCH3 is 1. The van der Waals surface area contributed by atoms with Crippen molar-refractivity contribution in [1.82, 2.24) is 4.98 Å². The lowest BCUT2D eigenvalue weighted by molar-refractivity contribution is -0.132. The summed E-state index contributed by atoms with van der Waals surface area (Å²) in [5.41, 5.74) is 1.60. The molecule has 1 atom stereocenters. The summed E-state index contributed by atoms with van der Waals surface area (Å²) in [6.07, 6.45) is 3.07. The van der Waals surface area contributed by atoms with Crippen molar-refractivity contribution in [2.24, 2.45) is 0 Å². The Morgan fingerprint density at radius 2 is 1.76 bits per heavy atom. The summed E-state index contributed by atoms with van der Waals surface area (Å²) in [6, 6.07) is 13.5. The fraction of sp³-hybridized carbons (Fsp3) is 0.120. The Kier molecular flexibility index (Phi) is 6.34. The molecule has 1 unspecified atom stereocenters. The topological polar surface area (TPSA) is 109 Å². The number of ether oxygens (including phenoxy) is 1. The summed E-state index contributed by atoms with van der Waals surface area (Å²) in [6.45, 7) is 1.39. The second-order valence-corrected chi connectivity index (χ2v) is 7.96. The first-order chi connectivity index (χ1) is 16.3. The molecule has 2 aromatic carbocycles. The number of amides is 2. The van der Waals surface area contributed by atoms with Gasteiger partial charge < -0.3 is 15.2 Å². The molecule has 0 radical (unpaired) electrons. The number of carbonyl (C=O) groups excluding carboxylic acids is 3. The number of nitrogens with one attached hydrogen (secondary N) is 1. The van der Waals surface area contributed by atoms with E-state index < -0.39 is 23.5 Å². The maximum absolute atomic E-state index is 13.2. The van der Waals surface area contributed by atoms with Gasteiger partial charge in [-0.15, -0.1) is 0 Å². The van der Waals surface area contributed by atoms with E-state index in [2.05, 4.69) is 10.3 Å². The zero-order chi connectivity index (χ0) is 24.4. The smallest absolute Gasteiger partial charge is 0.300 e. The Hall–Kier alpha value is -4.17. The van der Waals surface area contributed by atoms with Crippen LogP contribution in [0.25, 0.3) is 5.76 Å². The number of nitrogens with zero attached hydrogens (tertiary/aromatic N) is 2. The number of ketones is 1. The number of rotatable bonds is 5. The van der Waals surface area contributed by atoms with Crippen LogP contribution in [0.3, 0.4) is 0 Å². The van der Waals surface area contributed by atoms with Crippen LogP contribution in [0.15, 0.2) is 72.6 Å². The summed E-state index contributed by atoms with van der Waals surface area (Å²) in [4.78, 5) is 43.1. The normalized spacial score (nSPS) is 17.0. The van der Waals surface area contributed by atoms with Crippen LogP contribution in [0.5, 0.6) is 5.75 Å². The molecule has 2 amide bonds. The van der Waals surface area contributed by atoms with Crippen LogP contribution in [0.2, 0.25) is 5.02 Å². The van der Waals surface area contributed by atoms with Crippen LogP contribution in [0.4, 0.5) is 11.4 Å². The van der Waals surface area contributed by atoms with Crippen LogP contribution in [-0.2, 0) is 14.4 Å². The van der Waals surface area contributed by atoms with Gasteiger partial charge in [-0.1, -0.05) is 11.6 Å². The Bertz CT molecular complexity index is 1310. The third-order valence-corrected chi connectivity index (χ3v) is 5.58. The molecular weight excluding hydrogens is 458 g/mol. The fourth-order valence-corrected chi connectivity index (χ4v) is 4.05. The number of hydrogen-bond donors (Lipinski definition) is 2. The molecule has 3 aromatic rings. The highest BCUT2D eigenvalue weighted by Crippen LogP contribution is 2.43. The van der Waals surface area contributed by atoms with Crippen molar-refractivity contribution in [3.05, 3.63) is 88.7 Å². The Morgan fingerprint density at radius 3 is 2.38 bits per heavy atom. The first kappa shape index (κ1) is 23.0. The zero-order valence-electron chi connectivity index (χ0n) is 18.3. The van der Waals surface area contributed by atoms with E-state index in [-0.39, 0.29) is 17.0 Å². The standard InChI is InChI=1S/C25H20ClN3O5/c1-14(30)28-17-4-6-18(7-5-17)29-22(15-9-11-27-12-10-15)21(24(32)25(29)33)23(31)19-13-16(26)3-8-20(19)34-2/h3-13,22,31H,1-2H3,(H,28,30)/b23-21+. The molecule has 2 N–H and O–H groups in total. The van der Waals surface area contributed by atoms with Crippen LogP contribution in [0, 0.1) is 0 Å². The van der Waals surface area contributed by atoms with Gasteiger partial charge in [0, 0.05) is 35.7 Å². The maximum Gasteiger partial charge on any atom is 0.300 e. The van der Waals surface area contributed by atoms with E-state index >= 15 is 0 Å². The molecule has 34 heavy (non-hydrogen) atoms. The Labute approximate surface area is 200 Å². The minimum Gasteiger partial charge on any atom is -0.507 e. The third-order valence-electron chi connectivity index (χ3n) is 5.35. The summed E-state index contributed by atoms with van der Waals surface area (Å²) >= 11 is 6.13. The lowest BCUT2D eigenvalue weighted by Gasteiger charge is -2.25. The molecule has 9 heteroatoms. The number of carbonyl (C=O) groups is 3. The number of Topliss-reactive ketones (excluding diaryl/α,β-unsaturated/α-hetero) is 1. The molecule has 0 bridgehead atoms. The second-order valence-electron chi connectivity index (χ2n) is 7.52. The summed E-state index contributed by atoms with van der Waals surface area (Å²) in [5, 5.41) is 14.2. The largest absolute Gasteiger partial charge is 0.507 e. The second kappa shape index (κ2) is 9.36. The highest BCUT2D eigenvalue weighted by molar-refractivity contribution is 6.51. The molecule has 0 spiro atoms. The van der Waals surface area contributed by atoms with Crippen LogP contribution >= 0.6 is 11.6 Å². The van der Waals surface area contributed by atoms with E-state index in [1.165, 1.54) is 37.4 Å². The number of anilines is 2. The van der Waals surface area contributed by atoms with Crippen molar-refractivity contribution in [3.8, 4) is 5.75 Å². The Balaban J connectivity index is 1.90. The summed E-state index contributed by atoms with van der Waals surface area (Å²) in [7, 11) is 1.43. The molecule has 1 aliphatic rings. The molecule has 172 valence electrons. The molecule has 1 aliphatic heterocycles. The molecule has 0 saturated carbocycles. The van der Waals surface area contributed by atoms with Crippen molar-refractivity contribution >= 4 is 46.3 Å². The first-order valence-electron chi connectivity index (χ1n) is 10.2. The molecule has 2 heterocycles. The molecule has 1 saturated heterocycles. The minimum absolute atomic E-state index is 0.109. The van der Waals surface area contributed by atoms with E-state index in [9.17, 15) is 19.5 Å². The van der Waals surface area contributed by atoms with E-state index in [1.54, 1.807) is 48.5 Å². The van der Waals surface area contributed by atoms with Crippen molar-refractivity contribution in [2.75, 3.05) is 17.3 Å². The predicted octanol–water partition coefficient (Wildman–Crippen LogP) is 4.33. The molecule has 1 fully saturated rings. The lowest BCUT2D eigenvalue weighted by Crippen LogP contribution is -2.29. The molecule has 4 rings (SSSR count). The van der Waals surface area contributed by atoms with Crippen LogP contribution < -0.4 is 15.0 Å². The summed E-state index contributed by atoms with van der Waals surface area (Å²) < 4.78 is 5.33. The average Bonchev–Trinajstić information content (AvgIpc) is 3.10. The Morgan fingerprint density at radius 1 is 1.09 bits per heavy atom. The maximum atomic E-state index is 13.2. The van der Waals surface area contributed by atoms with Gasteiger partial charge in [-0.2, -0.15) is 0 Å². The van der Waals surface area contributed by atoms with E-state index in [0.29, 0.717) is 27.7 Å². The van der Waals surface area contributed by atoms with Gasteiger partial charge in [-0.3, -0.25) is 24.3 Å². The first-order valence-corrected chi connectivity index (χ1v) is 10.6. The van der Waals surface area contributed by atoms with Gasteiger partial charge in [0.1, 0.15) is 11.5 Å².